The van der Waals surface area contributed by atoms with Crippen molar-refractivity contribution in [1.82, 2.24) is 0 Å². The van der Waals surface area contributed by atoms with Gasteiger partial charge < -0.3 is 11.5 Å². The summed E-state index contributed by atoms with van der Waals surface area (Å²) in [6, 6.07) is 0. The molecule has 0 radical (unpaired) electrons. The maximum atomic E-state index is 10.4. The van der Waals surface area contributed by atoms with Gasteiger partial charge in [0.05, 0.1) is 0 Å². The van der Waals surface area contributed by atoms with Crippen LogP contribution in [0.3, 0.4) is 0 Å². The van der Waals surface area contributed by atoms with Crippen LogP contribution in [-0.4, -0.2) is 11.8 Å². The molecule has 1 atom stereocenters. The van der Waals surface area contributed by atoms with E-state index in [9.17, 15) is 9.59 Å². The maximum absolute atomic E-state index is 10.4. The lowest BCUT2D eigenvalue weighted by Gasteiger charge is -2.05. The average molecular weight is 158 g/mol. The van der Waals surface area contributed by atoms with Crippen molar-refractivity contribution in [3.05, 3.63) is 0 Å². The molecule has 0 aliphatic rings. The topological polar surface area (TPSA) is 86.2 Å². The highest BCUT2D eigenvalue weighted by atomic mass is 16.1. The van der Waals surface area contributed by atoms with E-state index in [1.165, 1.54) is 0 Å². The fourth-order valence-electron chi connectivity index (χ4n) is 0.834. The number of nitrogens with two attached hydrogens (primary N) is 2. The zero-order chi connectivity index (χ0) is 8.85. The highest BCUT2D eigenvalue weighted by molar-refractivity contribution is 5.75. The summed E-state index contributed by atoms with van der Waals surface area (Å²) in [5.41, 5.74) is 9.86. The van der Waals surface area contributed by atoms with Gasteiger partial charge in [-0.1, -0.05) is 6.92 Å². The molecular weight excluding hydrogens is 144 g/mol. The Kier molecular flexibility index (Phi) is 4.26. The molecule has 0 fully saturated rings. The number of amides is 2. The van der Waals surface area contributed by atoms with Crippen LogP contribution >= 0.6 is 0 Å². The van der Waals surface area contributed by atoms with Gasteiger partial charge in [-0.05, 0) is 12.3 Å². The lowest BCUT2D eigenvalue weighted by atomic mass is 10.0. The van der Waals surface area contributed by atoms with Crippen molar-refractivity contribution < 1.29 is 9.59 Å². The van der Waals surface area contributed by atoms with Crippen molar-refractivity contribution in [2.24, 2.45) is 17.4 Å². The molecule has 0 aromatic heterocycles. The van der Waals surface area contributed by atoms with Crippen LogP contribution in [0.2, 0.25) is 0 Å². The number of hydrogen-bond acceptors (Lipinski definition) is 2. The predicted molar refractivity (Wildman–Crippen MR) is 41.4 cm³/mol. The Morgan fingerprint density at radius 3 is 2.18 bits per heavy atom. The summed E-state index contributed by atoms with van der Waals surface area (Å²) < 4.78 is 0. The molecule has 0 spiro atoms. The zero-order valence-corrected chi connectivity index (χ0v) is 6.67. The molecule has 0 heterocycles. The fourth-order valence-corrected chi connectivity index (χ4v) is 0.834. The van der Waals surface area contributed by atoms with Crippen molar-refractivity contribution in [3.63, 3.8) is 0 Å². The minimum atomic E-state index is -0.332. The molecule has 1 unspecified atom stereocenters. The van der Waals surface area contributed by atoms with Crippen LogP contribution in [0.15, 0.2) is 0 Å². The quantitative estimate of drug-likeness (QED) is 0.578. The van der Waals surface area contributed by atoms with Gasteiger partial charge in [-0.2, -0.15) is 0 Å². The van der Waals surface area contributed by atoms with Gasteiger partial charge in [0, 0.05) is 12.8 Å². The van der Waals surface area contributed by atoms with Crippen molar-refractivity contribution in [1.29, 1.82) is 0 Å². The van der Waals surface area contributed by atoms with Crippen LogP contribution in [0.1, 0.15) is 26.2 Å². The largest absolute Gasteiger partial charge is 0.370 e. The van der Waals surface area contributed by atoms with Crippen molar-refractivity contribution in [2.75, 3.05) is 0 Å². The van der Waals surface area contributed by atoms with Gasteiger partial charge in [0.25, 0.3) is 0 Å². The lowest BCUT2D eigenvalue weighted by molar-refractivity contribution is -0.120. The molecule has 4 heteroatoms. The monoisotopic (exact) mass is 158 g/mol. The highest BCUT2D eigenvalue weighted by Gasteiger charge is 2.06. The standard InChI is InChI=1S/C7H14N2O2/c1-5(4-7(9)11)2-3-6(8)10/h5H,2-4H2,1H3,(H2,8,10)(H2,9,11). The summed E-state index contributed by atoms with van der Waals surface area (Å²) in [5.74, 6) is -0.511. The molecule has 0 saturated heterocycles. The van der Waals surface area contributed by atoms with Crippen molar-refractivity contribution in [2.45, 2.75) is 26.2 Å². The number of primary amides is 2. The Morgan fingerprint density at radius 2 is 1.82 bits per heavy atom. The van der Waals surface area contributed by atoms with E-state index in [0.29, 0.717) is 19.3 Å². The highest BCUT2D eigenvalue weighted by Crippen LogP contribution is 2.08. The number of rotatable bonds is 5. The first kappa shape index (κ1) is 9.94. The van der Waals surface area contributed by atoms with E-state index in [1.54, 1.807) is 0 Å². The van der Waals surface area contributed by atoms with Gasteiger partial charge in [-0.25, -0.2) is 0 Å². The van der Waals surface area contributed by atoms with Gasteiger partial charge in [-0.15, -0.1) is 0 Å². The third-order valence-corrected chi connectivity index (χ3v) is 1.43. The minimum absolute atomic E-state index is 0.153. The molecule has 0 aliphatic carbocycles. The Morgan fingerprint density at radius 1 is 1.27 bits per heavy atom. The molecular formula is C7H14N2O2. The van der Waals surface area contributed by atoms with Crippen LogP contribution < -0.4 is 11.5 Å². The van der Waals surface area contributed by atoms with E-state index in [1.807, 2.05) is 6.92 Å². The van der Waals surface area contributed by atoms with Gasteiger partial charge in [0.2, 0.25) is 11.8 Å². The first-order chi connectivity index (χ1) is 5.02. The third kappa shape index (κ3) is 6.83. The van der Waals surface area contributed by atoms with E-state index in [-0.39, 0.29) is 17.7 Å². The Hall–Kier alpha value is -1.06. The summed E-state index contributed by atoms with van der Waals surface area (Å²) in [7, 11) is 0. The van der Waals surface area contributed by atoms with E-state index < -0.39 is 0 Å². The van der Waals surface area contributed by atoms with Gasteiger partial charge in [0.1, 0.15) is 0 Å². The van der Waals surface area contributed by atoms with Gasteiger partial charge >= 0.3 is 0 Å². The maximum Gasteiger partial charge on any atom is 0.217 e. The summed E-state index contributed by atoms with van der Waals surface area (Å²) >= 11 is 0. The van der Waals surface area contributed by atoms with E-state index in [4.69, 9.17) is 11.5 Å². The smallest absolute Gasteiger partial charge is 0.217 e. The summed E-state index contributed by atoms with van der Waals surface area (Å²) in [6.07, 6.45) is 1.29. The second kappa shape index (κ2) is 4.71. The number of carbonyl (C=O) groups is 2. The number of carbonyl (C=O) groups excluding carboxylic acids is 2. The van der Waals surface area contributed by atoms with Crippen LogP contribution in [0.5, 0.6) is 0 Å². The fraction of sp³-hybridized carbons (Fsp3) is 0.714. The summed E-state index contributed by atoms with van der Waals surface area (Å²) in [5, 5.41) is 0. The molecule has 2 amide bonds. The SMILES string of the molecule is CC(CCC(N)=O)CC(N)=O. The predicted octanol–water partition coefficient (Wildman–Crippen LogP) is -0.237. The molecule has 4 nitrogen and oxygen atoms in total. The molecule has 64 valence electrons. The Labute approximate surface area is 65.9 Å². The van der Waals surface area contributed by atoms with Crippen LogP contribution in [0.4, 0.5) is 0 Å². The first-order valence-corrected chi connectivity index (χ1v) is 3.59. The molecule has 0 aromatic carbocycles. The second-order valence-corrected chi connectivity index (χ2v) is 2.78. The average Bonchev–Trinajstić information content (AvgIpc) is 1.82. The third-order valence-electron chi connectivity index (χ3n) is 1.43. The van der Waals surface area contributed by atoms with Crippen molar-refractivity contribution >= 4 is 11.8 Å². The Bertz CT molecular complexity index is 157. The molecule has 4 N–H and O–H groups in total. The number of hydrogen-bond donors (Lipinski definition) is 2. The van der Waals surface area contributed by atoms with Crippen LogP contribution in [-0.2, 0) is 9.59 Å². The Balaban J connectivity index is 3.44. The van der Waals surface area contributed by atoms with E-state index >= 15 is 0 Å². The lowest BCUT2D eigenvalue weighted by Crippen LogP contribution is -2.17. The van der Waals surface area contributed by atoms with E-state index in [0.717, 1.165) is 0 Å². The van der Waals surface area contributed by atoms with Crippen LogP contribution in [0, 0.1) is 5.92 Å². The van der Waals surface area contributed by atoms with Crippen LogP contribution in [0.25, 0.3) is 0 Å². The molecule has 0 bridgehead atoms. The molecule has 11 heavy (non-hydrogen) atoms. The molecule has 0 saturated carbocycles. The van der Waals surface area contributed by atoms with Gasteiger partial charge in [0.15, 0.2) is 0 Å². The van der Waals surface area contributed by atoms with E-state index in [2.05, 4.69) is 0 Å². The van der Waals surface area contributed by atoms with Crippen molar-refractivity contribution in [3.8, 4) is 0 Å². The molecule has 0 rings (SSSR count). The summed E-state index contributed by atoms with van der Waals surface area (Å²) in [4.78, 5) is 20.7. The molecule has 0 aromatic rings. The zero-order valence-electron chi connectivity index (χ0n) is 6.67. The second-order valence-electron chi connectivity index (χ2n) is 2.78. The minimum Gasteiger partial charge on any atom is -0.370 e. The van der Waals surface area contributed by atoms with Gasteiger partial charge in [-0.3, -0.25) is 9.59 Å². The summed E-state index contributed by atoms with van der Waals surface area (Å²) in [6.45, 7) is 1.87. The normalized spacial score (nSPS) is 12.5. The first-order valence-electron chi connectivity index (χ1n) is 3.59. The molecule has 0 aliphatic heterocycles.